The molecular formula is C24H37ClN2O3. The fraction of sp³-hybridized carbons (Fsp3) is 0.458. The van der Waals surface area contributed by atoms with E-state index < -0.39 is 11.6 Å². The Morgan fingerprint density at radius 1 is 0.967 bits per heavy atom. The maximum Gasteiger partial charge on any atom is 0.324 e. The van der Waals surface area contributed by atoms with Crippen molar-refractivity contribution >= 4 is 17.7 Å². The first kappa shape index (κ1) is 28.1. The van der Waals surface area contributed by atoms with E-state index in [2.05, 4.69) is 9.57 Å². The Hall–Kier alpha value is -1.92. The number of halogens is 1. The minimum Gasteiger partial charge on any atom is -0.468 e. The molecule has 0 saturated carbocycles. The molecule has 0 aromatic heterocycles. The predicted octanol–water partition coefficient (Wildman–Crippen LogP) is 4.47. The second-order valence-corrected chi connectivity index (χ2v) is 7.84. The second-order valence-electron chi connectivity index (χ2n) is 7.62. The summed E-state index contributed by atoms with van der Waals surface area (Å²) in [6, 6.07) is 18.5. The highest BCUT2D eigenvalue weighted by Crippen LogP contribution is 2.34. The Morgan fingerprint density at radius 3 is 1.60 bits per heavy atom. The third kappa shape index (κ3) is 7.10. The van der Waals surface area contributed by atoms with Crippen molar-refractivity contribution in [1.82, 2.24) is 4.84 Å². The monoisotopic (exact) mass is 436 g/mol. The van der Waals surface area contributed by atoms with Gasteiger partial charge in [0.15, 0.2) is 0 Å². The first-order valence-corrected chi connectivity index (χ1v) is 10.1. The highest BCUT2D eigenvalue weighted by molar-refractivity contribution is 6.14. The number of nitrogens with one attached hydrogen (secondary N) is 1. The zero-order valence-corrected chi connectivity index (χ0v) is 18.6. The van der Waals surface area contributed by atoms with Crippen LogP contribution in [0.15, 0.2) is 60.7 Å². The molecular weight excluding hydrogens is 400 g/mol. The normalized spacial score (nSPS) is 13.0. The van der Waals surface area contributed by atoms with Crippen molar-refractivity contribution in [2.24, 2.45) is 17.6 Å². The summed E-state index contributed by atoms with van der Waals surface area (Å²) in [7, 11) is 1.34. The molecule has 0 aliphatic rings. The molecule has 0 spiro atoms. The van der Waals surface area contributed by atoms with Crippen molar-refractivity contribution in [3.05, 3.63) is 71.8 Å². The number of ether oxygens (including phenoxy) is 1. The Balaban J connectivity index is 0.000000658. The Labute approximate surface area is 186 Å². The minimum atomic E-state index is -1.16. The van der Waals surface area contributed by atoms with E-state index in [-0.39, 0.29) is 31.3 Å². The van der Waals surface area contributed by atoms with Crippen LogP contribution in [0.25, 0.3) is 0 Å². The van der Waals surface area contributed by atoms with Gasteiger partial charge in [-0.3, -0.25) is 4.79 Å². The fourth-order valence-corrected chi connectivity index (χ4v) is 3.33. The molecule has 0 aliphatic heterocycles. The standard InChI is InChI=1S/C17H21NO.C6H12ClNO2.CH4/c1-13(2)16(18)17(19,14-9-5-3-6-10-14)15-11-7-4-8-12-15;1-4(2)5(8-7)6(9)10-3;/h3-13,16,19H,18H2,1-2H3;4-5,8H,1-3H3;1H4/t16-;5-;/m00./s1. The average molecular weight is 437 g/mol. The van der Waals surface area contributed by atoms with Gasteiger partial charge in [-0.1, -0.05) is 95.8 Å². The van der Waals surface area contributed by atoms with E-state index in [9.17, 15) is 9.90 Å². The molecule has 2 aromatic rings. The van der Waals surface area contributed by atoms with Crippen molar-refractivity contribution in [2.45, 2.75) is 52.8 Å². The zero-order chi connectivity index (χ0) is 22.0. The maximum absolute atomic E-state index is 11.3. The summed E-state index contributed by atoms with van der Waals surface area (Å²) >= 11 is 5.29. The number of nitrogens with two attached hydrogens (primary N) is 1. The zero-order valence-electron chi connectivity index (χ0n) is 17.8. The number of hydrogen-bond donors (Lipinski definition) is 3. The average Bonchev–Trinajstić information content (AvgIpc) is 2.74. The number of carbonyl (C=O) groups is 1. The molecule has 2 aromatic carbocycles. The van der Waals surface area contributed by atoms with Gasteiger partial charge in [-0.15, -0.1) is 0 Å². The van der Waals surface area contributed by atoms with Gasteiger partial charge in [0, 0.05) is 6.04 Å². The molecule has 2 rings (SSSR count). The van der Waals surface area contributed by atoms with Gasteiger partial charge in [0.1, 0.15) is 11.6 Å². The van der Waals surface area contributed by atoms with Crippen molar-refractivity contribution in [2.75, 3.05) is 7.11 Å². The number of carbonyl (C=O) groups excluding carboxylic acids is 1. The van der Waals surface area contributed by atoms with Crippen LogP contribution < -0.4 is 10.6 Å². The fourth-order valence-electron chi connectivity index (χ4n) is 2.99. The van der Waals surface area contributed by atoms with Crippen LogP contribution in [-0.2, 0) is 15.1 Å². The number of hydrogen-bond acceptors (Lipinski definition) is 5. The van der Waals surface area contributed by atoms with Crippen LogP contribution >= 0.6 is 11.8 Å². The highest BCUT2D eigenvalue weighted by Gasteiger charge is 2.39. The molecule has 0 heterocycles. The summed E-state index contributed by atoms with van der Waals surface area (Å²) < 4.78 is 4.48. The van der Waals surface area contributed by atoms with Crippen LogP contribution in [0.3, 0.4) is 0 Å². The molecule has 2 atom stereocenters. The summed E-state index contributed by atoms with van der Waals surface area (Å²) in [5, 5.41) is 11.3. The lowest BCUT2D eigenvalue weighted by molar-refractivity contribution is -0.143. The number of aliphatic hydroxyl groups is 1. The molecule has 5 nitrogen and oxygen atoms in total. The first-order valence-electron chi connectivity index (χ1n) is 9.73. The third-order valence-corrected chi connectivity index (χ3v) is 5.10. The van der Waals surface area contributed by atoms with Crippen molar-refractivity contribution in [3.63, 3.8) is 0 Å². The lowest BCUT2D eigenvalue weighted by atomic mass is 9.76. The largest absolute Gasteiger partial charge is 0.468 e. The van der Waals surface area contributed by atoms with Crippen LogP contribution in [0.2, 0.25) is 0 Å². The van der Waals surface area contributed by atoms with Gasteiger partial charge >= 0.3 is 5.97 Å². The molecule has 0 radical (unpaired) electrons. The summed E-state index contributed by atoms with van der Waals surface area (Å²) in [6.07, 6.45) is 0. The topological polar surface area (TPSA) is 84.6 Å². The van der Waals surface area contributed by atoms with Gasteiger partial charge in [-0.25, -0.2) is 4.84 Å². The van der Waals surface area contributed by atoms with E-state index in [1.54, 1.807) is 0 Å². The summed E-state index contributed by atoms with van der Waals surface area (Å²) in [6.45, 7) is 7.83. The van der Waals surface area contributed by atoms with Crippen LogP contribution in [0, 0.1) is 11.8 Å². The molecule has 0 aliphatic carbocycles. The van der Waals surface area contributed by atoms with E-state index in [0.29, 0.717) is 0 Å². The Bertz CT molecular complexity index is 684. The number of esters is 1. The van der Waals surface area contributed by atoms with Gasteiger partial charge in [0.05, 0.1) is 7.11 Å². The SMILES string of the molecule is C.CC(C)[C@H](N)C(O)(c1ccccc1)c1ccccc1.COC(=O)[C@@H](NCl)C(C)C. The molecule has 0 unspecified atom stereocenters. The summed E-state index contributed by atoms with van der Waals surface area (Å²) in [4.78, 5) is 13.2. The summed E-state index contributed by atoms with van der Waals surface area (Å²) in [5.74, 6) is -0.0136. The maximum atomic E-state index is 11.3. The summed E-state index contributed by atoms with van der Waals surface area (Å²) in [5.41, 5.74) is 6.82. The van der Waals surface area contributed by atoms with Crippen molar-refractivity contribution in [3.8, 4) is 0 Å². The first-order chi connectivity index (χ1) is 13.7. The molecule has 0 fully saturated rings. The van der Waals surface area contributed by atoms with E-state index >= 15 is 0 Å². The number of rotatable bonds is 7. The molecule has 0 bridgehead atoms. The van der Waals surface area contributed by atoms with Crippen LogP contribution in [-0.4, -0.2) is 30.3 Å². The molecule has 0 saturated heterocycles. The van der Waals surface area contributed by atoms with Gasteiger partial charge in [-0.2, -0.15) is 0 Å². The van der Waals surface area contributed by atoms with E-state index in [4.69, 9.17) is 17.5 Å². The minimum absolute atomic E-state index is 0. The number of benzene rings is 2. The van der Waals surface area contributed by atoms with Gasteiger partial charge in [0.25, 0.3) is 0 Å². The van der Waals surface area contributed by atoms with Crippen LogP contribution in [0.5, 0.6) is 0 Å². The predicted molar refractivity (Wildman–Crippen MR) is 125 cm³/mol. The quantitative estimate of drug-likeness (QED) is 0.440. The number of methoxy groups -OCH3 is 1. The van der Waals surface area contributed by atoms with E-state index in [1.165, 1.54) is 7.11 Å². The Morgan fingerprint density at radius 2 is 1.37 bits per heavy atom. The lowest BCUT2D eigenvalue weighted by Gasteiger charge is -2.37. The van der Waals surface area contributed by atoms with Crippen molar-refractivity contribution in [1.29, 1.82) is 0 Å². The molecule has 30 heavy (non-hydrogen) atoms. The van der Waals surface area contributed by atoms with Crippen molar-refractivity contribution < 1.29 is 14.6 Å². The second kappa shape index (κ2) is 13.4. The van der Waals surface area contributed by atoms with Crippen LogP contribution in [0.1, 0.15) is 46.2 Å². The lowest BCUT2D eigenvalue weighted by Crippen LogP contribution is -2.49. The van der Waals surface area contributed by atoms with E-state index in [1.807, 2.05) is 88.4 Å². The third-order valence-electron chi connectivity index (χ3n) is 4.87. The smallest absolute Gasteiger partial charge is 0.324 e. The van der Waals surface area contributed by atoms with Gasteiger partial charge in [0.2, 0.25) is 0 Å². The molecule has 0 amide bonds. The van der Waals surface area contributed by atoms with Crippen LogP contribution in [0.4, 0.5) is 0 Å². The molecule has 168 valence electrons. The van der Waals surface area contributed by atoms with Gasteiger partial charge < -0.3 is 15.6 Å². The molecule has 6 heteroatoms. The van der Waals surface area contributed by atoms with Gasteiger partial charge in [-0.05, 0) is 34.7 Å². The van der Waals surface area contributed by atoms with E-state index in [0.717, 1.165) is 11.1 Å². The molecule has 4 N–H and O–H groups in total. The highest BCUT2D eigenvalue weighted by atomic mass is 35.5. The Kier molecular flexibility index (Phi) is 12.5.